The van der Waals surface area contributed by atoms with Gasteiger partial charge in [-0.25, -0.2) is 4.79 Å². The number of carbonyl (C=O) groups is 1. The van der Waals surface area contributed by atoms with Gasteiger partial charge in [0.1, 0.15) is 5.75 Å². The molecular formula is C14H22N4O2. The van der Waals surface area contributed by atoms with Gasteiger partial charge in [0.2, 0.25) is 0 Å². The maximum atomic E-state index is 11.9. The Morgan fingerprint density at radius 3 is 2.50 bits per heavy atom. The average molecular weight is 278 g/mol. The lowest BCUT2D eigenvalue weighted by molar-refractivity contribution is 0.256. The quantitative estimate of drug-likeness (QED) is 0.502. The number of benzene rings is 1. The van der Waals surface area contributed by atoms with Gasteiger partial charge in [-0.3, -0.25) is 10.7 Å². The molecule has 0 atom stereocenters. The molecule has 4 N–H and O–H groups in total. The molecule has 0 aromatic heterocycles. The standard InChI is InChI=1S/C14H22N4O2/c1-5-9-7-8-11(20-4)10(6-2)12(9)17-14(19)18-13(15)16-3/h7-8H,5-6H2,1-4H3,(H4,15,16,17,18,19). The third-order valence-corrected chi connectivity index (χ3v) is 3.04. The Bertz CT molecular complexity index is 500. The summed E-state index contributed by atoms with van der Waals surface area (Å²) in [6, 6.07) is 3.41. The van der Waals surface area contributed by atoms with Gasteiger partial charge in [-0.1, -0.05) is 19.9 Å². The third-order valence-electron chi connectivity index (χ3n) is 3.04. The van der Waals surface area contributed by atoms with Crippen LogP contribution in [0, 0.1) is 5.41 Å². The van der Waals surface area contributed by atoms with Crippen LogP contribution < -0.4 is 20.7 Å². The highest BCUT2D eigenvalue weighted by Crippen LogP contribution is 2.31. The van der Waals surface area contributed by atoms with Gasteiger partial charge in [0.25, 0.3) is 0 Å². The molecule has 6 heteroatoms. The Balaban J connectivity index is 3.08. The predicted molar refractivity (Wildman–Crippen MR) is 80.7 cm³/mol. The van der Waals surface area contributed by atoms with Gasteiger partial charge in [0.15, 0.2) is 5.96 Å². The van der Waals surface area contributed by atoms with E-state index in [-0.39, 0.29) is 5.96 Å². The molecule has 0 heterocycles. The molecule has 1 rings (SSSR count). The van der Waals surface area contributed by atoms with Crippen molar-refractivity contribution in [3.8, 4) is 5.75 Å². The normalized spacial score (nSPS) is 9.80. The average Bonchev–Trinajstić information content (AvgIpc) is 2.46. The van der Waals surface area contributed by atoms with Crippen molar-refractivity contribution in [2.75, 3.05) is 19.5 Å². The fraction of sp³-hybridized carbons (Fsp3) is 0.429. The van der Waals surface area contributed by atoms with Crippen LogP contribution in [0.25, 0.3) is 0 Å². The van der Waals surface area contributed by atoms with Crippen molar-refractivity contribution in [1.82, 2.24) is 10.6 Å². The van der Waals surface area contributed by atoms with Crippen molar-refractivity contribution in [1.29, 1.82) is 5.41 Å². The summed E-state index contributed by atoms with van der Waals surface area (Å²) in [5.74, 6) is 0.699. The molecule has 0 saturated heterocycles. The van der Waals surface area contributed by atoms with E-state index < -0.39 is 6.03 Å². The second-order valence-corrected chi connectivity index (χ2v) is 4.19. The molecule has 1 aromatic rings. The van der Waals surface area contributed by atoms with Gasteiger partial charge in [-0.15, -0.1) is 0 Å². The van der Waals surface area contributed by atoms with Crippen molar-refractivity contribution in [2.24, 2.45) is 0 Å². The summed E-state index contributed by atoms with van der Waals surface area (Å²) in [4.78, 5) is 11.9. The number of guanidine groups is 1. The molecular weight excluding hydrogens is 256 g/mol. The zero-order valence-corrected chi connectivity index (χ0v) is 12.4. The highest BCUT2D eigenvalue weighted by Gasteiger charge is 2.14. The molecule has 0 aliphatic rings. The lowest BCUT2D eigenvalue weighted by Crippen LogP contribution is -2.40. The van der Waals surface area contributed by atoms with E-state index >= 15 is 0 Å². The predicted octanol–water partition coefficient (Wildman–Crippen LogP) is 2.10. The summed E-state index contributed by atoms with van der Waals surface area (Å²) >= 11 is 0. The summed E-state index contributed by atoms with van der Waals surface area (Å²) < 4.78 is 5.33. The summed E-state index contributed by atoms with van der Waals surface area (Å²) in [6.45, 7) is 4.04. The number of anilines is 1. The number of nitrogens with one attached hydrogen (secondary N) is 4. The number of urea groups is 1. The first-order valence-electron chi connectivity index (χ1n) is 6.60. The van der Waals surface area contributed by atoms with Crippen LogP contribution in [0.3, 0.4) is 0 Å². The molecule has 0 aliphatic heterocycles. The van der Waals surface area contributed by atoms with E-state index in [1.54, 1.807) is 14.2 Å². The largest absolute Gasteiger partial charge is 0.496 e. The monoisotopic (exact) mass is 278 g/mol. The topological polar surface area (TPSA) is 86.2 Å². The van der Waals surface area contributed by atoms with Crippen LogP contribution in [0.4, 0.5) is 10.5 Å². The lowest BCUT2D eigenvalue weighted by Gasteiger charge is -2.17. The first-order valence-corrected chi connectivity index (χ1v) is 6.60. The maximum Gasteiger partial charge on any atom is 0.326 e. The highest BCUT2D eigenvalue weighted by molar-refractivity contribution is 6.02. The summed E-state index contributed by atoms with van der Waals surface area (Å²) in [7, 11) is 3.18. The van der Waals surface area contributed by atoms with E-state index in [2.05, 4.69) is 16.0 Å². The van der Waals surface area contributed by atoms with E-state index in [9.17, 15) is 4.79 Å². The molecule has 2 amide bonds. The fourth-order valence-corrected chi connectivity index (χ4v) is 1.99. The summed E-state index contributed by atoms with van der Waals surface area (Å²) in [6.07, 6.45) is 1.55. The number of amides is 2. The molecule has 6 nitrogen and oxygen atoms in total. The van der Waals surface area contributed by atoms with Crippen LogP contribution in [0.5, 0.6) is 5.75 Å². The van der Waals surface area contributed by atoms with Crippen LogP contribution in [-0.2, 0) is 12.8 Å². The van der Waals surface area contributed by atoms with Crippen LogP contribution in [-0.4, -0.2) is 26.1 Å². The summed E-state index contributed by atoms with van der Waals surface area (Å²) in [5, 5.41) is 15.2. The molecule has 0 unspecified atom stereocenters. The van der Waals surface area contributed by atoms with Crippen LogP contribution in [0.2, 0.25) is 0 Å². The molecule has 0 radical (unpaired) electrons. The molecule has 0 aliphatic carbocycles. The number of rotatable bonds is 4. The Labute approximate surface area is 119 Å². The van der Waals surface area contributed by atoms with E-state index in [0.717, 1.165) is 35.4 Å². The molecule has 0 spiro atoms. The number of aryl methyl sites for hydroxylation is 1. The SMILES string of the molecule is CCc1ccc(OC)c(CC)c1NC(=O)NC(=N)NC. The van der Waals surface area contributed by atoms with Crippen molar-refractivity contribution in [2.45, 2.75) is 26.7 Å². The van der Waals surface area contributed by atoms with Gasteiger partial charge in [-0.05, 0) is 24.5 Å². The van der Waals surface area contributed by atoms with Crippen molar-refractivity contribution in [3.05, 3.63) is 23.3 Å². The van der Waals surface area contributed by atoms with E-state index in [4.69, 9.17) is 10.1 Å². The van der Waals surface area contributed by atoms with E-state index in [1.807, 2.05) is 26.0 Å². The van der Waals surface area contributed by atoms with Gasteiger partial charge in [-0.2, -0.15) is 0 Å². The van der Waals surface area contributed by atoms with Gasteiger partial charge < -0.3 is 15.4 Å². The number of hydrogen-bond acceptors (Lipinski definition) is 3. The zero-order valence-electron chi connectivity index (χ0n) is 12.4. The number of ether oxygens (including phenoxy) is 1. The molecule has 1 aromatic carbocycles. The Kier molecular flexibility index (Phi) is 5.83. The number of hydrogen-bond donors (Lipinski definition) is 4. The molecule has 0 bridgehead atoms. The highest BCUT2D eigenvalue weighted by atomic mass is 16.5. The van der Waals surface area contributed by atoms with Crippen LogP contribution in [0.15, 0.2) is 12.1 Å². The minimum atomic E-state index is -0.443. The van der Waals surface area contributed by atoms with E-state index in [0.29, 0.717) is 0 Å². The van der Waals surface area contributed by atoms with E-state index in [1.165, 1.54) is 0 Å². The molecule has 0 saturated carbocycles. The van der Waals surface area contributed by atoms with Crippen LogP contribution >= 0.6 is 0 Å². The Hall–Kier alpha value is -2.24. The van der Waals surface area contributed by atoms with Crippen molar-refractivity contribution >= 4 is 17.7 Å². The van der Waals surface area contributed by atoms with Gasteiger partial charge >= 0.3 is 6.03 Å². The number of carbonyl (C=O) groups excluding carboxylic acids is 1. The Morgan fingerprint density at radius 2 is 2.00 bits per heavy atom. The molecule has 110 valence electrons. The van der Waals surface area contributed by atoms with Crippen LogP contribution in [0.1, 0.15) is 25.0 Å². The first-order chi connectivity index (χ1) is 9.57. The first kappa shape index (κ1) is 15.8. The minimum Gasteiger partial charge on any atom is -0.496 e. The van der Waals surface area contributed by atoms with Gasteiger partial charge in [0, 0.05) is 12.6 Å². The number of methoxy groups -OCH3 is 1. The fourth-order valence-electron chi connectivity index (χ4n) is 1.99. The lowest BCUT2D eigenvalue weighted by atomic mass is 10.0. The van der Waals surface area contributed by atoms with Crippen molar-refractivity contribution in [3.63, 3.8) is 0 Å². The molecule has 0 fully saturated rings. The minimum absolute atomic E-state index is 0.0542. The molecule has 20 heavy (non-hydrogen) atoms. The van der Waals surface area contributed by atoms with Crippen molar-refractivity contribution < 1.29 is 9.53 Å². The summed E-state index contributed by atoms with van der Waals surface area (Å²) in [5.41, 5.74) is 2.75. The Morgan fingerprint density at radius 1 is 1.30 bits per heavy atom. The third kappa shape index (κ3) is 3.63. The smallest absolute Gasteiger partial charge is 0.326 e. The second-order valence-electron chi connectivity index (χ2n) is 4.19. The second kappa shape index (κ2) is 7.37. The maximum absolute atomic E-state index is 11.9. The zero-order chi connectivity index (χ0) is 15.1. The van der Waals surface area contributed by atoms with Gasteiger partial charge in [0.05, 0.1) is 12.8 Å².